The van der Waals surface area contributed by atoms with Gasteiger partial charge in [0.05, 0.1) is 13.7 Å². The van der Waals surface area contributed by atoms with Crippen LogP contribution < -0.4 is 5.32 Å². The molecule has 0 aliphatic rings. The Kier molecular flexibility index (Phi) is 5.54. The summed E-state index contributed by atoms with van der Waals surface area (Å²) in [6.07, 6.45) is 1.49. The van der Waals surface area contributed by atoms with Crippen molar-refractivity contribution >= 4 is 11.9 Å². The Labute approximate surface area is 76.4 Å². The van der Waals surface area contributed by atoms with Gasteiger partial charge in [0, 0.05) is 12.1 Å². The van der Waals surface area contributed by atoms with Crippen molar-refractivity contribution in [3.8, 4) is 0 Å². The summed E-state index contributed by atoms with van der Waals surface area (Å²) in [5, 5.41) is 11.2. The second-order valence-electron chi connectivity index (χ2n) is 2.40. The van der Waals surface area contributed by atoms with Crippen molar-refractivity contribution in [1.29, 1.82) is 0 Å². The SMILES string of the molecule is COC(=O)CNC/C=C(/C)C(=O)O. The predicted molar refractivity (Wildman–Crippen MR) is 46.3 cm³/mol. The molecule has 0 aromatic rings. The monoisotopic (exact) mass is 187 g/mol. The van der Waals surface area contributed by atoms with E-state index in [2.05, 4.69) is 10.1 Å². The normalized spacial score (nSPS) is 11.1. The summed E-state index contributed by atoms with van der Waals surface area (Å²) in [6, 6.07) is 0. The van der Waals surface area contributed by atoms with Crippen LogP contribution in [0.1, 0.15) is 6.92 Å². The van der Waals surface area contributed by atoms with Crippen molar-refractivity contribution in [1.82, 2.24) is 5.32 Å². The van der Waals surface area contributed by atoms with E-state index in [1.54, 1.807) is 0 Å². The first kappa shape index (κ1) is 11.6. The quantitative estimate of drug-likeness (QED) is 0.353. The Hall–Kier alpha value is -1.36. The van der Waals surface area contributed by atoms with E-state index in [9.17, 15) is 9.59 Å². The number of carboxylic acid groups (broad SMARTS) is 1. The minimum absolute atomic E-state index is 0.0832. The molecule has 0 rings (SSSR count). The smallest absolute Gasteiger partial charge is 0.330 e. The van der Waals surface area contributed by atoms with Crippen LogP contribution in [0.25, 0.3) is 0 Å². The zero-order chi connectivity index (χ0) is 10.3. The number of nitrogens with one attached hydrogen (secondary N) is 1. The number of esters is 1. The third kappa shape index (κ3) is 5.86. The number of carboxylic acids is 1. The number of aliphatic carboxylic acids is 1. The molecule has 0 saturated carbocycles. The number of rotatable bonds is 5. The molecule has 74 valence electrons. The lowest BCUT2D eigenvalue weighted by atomic mass is 10.3. The van der Waals surface area contributed by atoms with Crippen molar-refractivity contribution < 1.29 is 19.4 Å². The highest BCUT2D eigenvalue weighted by molar-refractivity contribution is 5.85. The Balaban J connectivity index is 3.61. The van der Waals surface area contributed by atoms with E-state index in [4.69, 9.17) is 5.11 Å². The molecule has 0 heterocycles. The summed E-state index contributed by atoms with van der Waals surface area (Å²) >= 11 is 0. The average Bonchev–Trinajstić information content (AvgIpc) is 2.11. The van der Waals surface area contributed by atoms with Gasteiger partial charge in [-0.3, -0.25) is 4.79 Å². The molecule has 0 radical (unpaired) electrons. The summed E-state index contributed by atoms with van der Waals surface area (Å²) in [4.78, 5) is 20.9. The zero-order valence-electron chi connectivity index (χ0n) is 7.66. The highest BCUT2D eigenvalue weighted by Gasteiger charge is 1.99. The number of ether oxygens (including phenoxy) is 1. The van der Waals surface area contributed by atoms with Crippen LogP contribution in [0.3, 0.4) is 0 Å². The van der Waals surface area contributed by atoms with Crippen LogP contribution in [0.4, 0.5) is 0 Å². The minimum Gasteiger partial charge on any atom is -0.478 e. The minimum atomic E-state index is -0.958. The predicted octanol–water partition coefficient (Wildman–Crippen LogP) is -0.220. The molecule has 5 heteroatoms. The first-order valence-corrected chi connectivity index (χ1v) is 3.75. The van der Waals surface area contributed by atoms with Gasteiger partial charge in [0.1, 0.15) is 0 Å². The summed E-state index contributed by atoms with van der Waals surface area (Å²) in [6.45, 7) is 1.91. The number of hydrogen-bond donors (Lipinski definition) is 2. The first-order valence-electron chi connectivity index (χ1n) is 3.75. The topological polar surface area (TPSA) is 75.6 Å². The summed E-state index contributed by atoms with van der Waals surface area (Å²) in [7, 11) is 1.29. The Bertz CT molecular complexity index is 222. The van der Waals surface area contributed by atoms with E-state index in [1.807, 2.05) is 0 Å². The second kappa shape index (κ2) is 6.19. The van der Waals surface area contributed by atoms with E-state index in [-0.39, 0.29) is 18.1 Å². The molecule has 0 saturated heterocycles. The standard InChI is InChI=1S/C8H13NO4/c1-6(8(11)12)3-4-9-5-7(10)13-2/h3,9H,4-5H2,1-2H3,(H,11,12)/b6-3-. The maximum Gasteiger partial charge on any atom is 0.330 e. The molecule has 13 heavy (non-hydrogen) atoms. The van der Waals surface area contributed by atoms with Crippen molar-refractivity contribution in [3.63, 3.8) is 0 Å². The molecule has 2 N–H and O–H groups in total. The lowest BCUT2D eigenvalue weighted by Crippen LogP contribution is -2.24. The van der Waals surface area contributed by atoms with Gasteiger partial charge in [-0.1, -0.05) is 6.08 Å². The van der Waals surface area contributed by atoms with Crippen molar-refractivity contribution in [2.24, 2.45) is 0 Å². The lowest BCUT2D eigenvalue weighted by molar-refractivity contribution is -0.139. The van der Waals surface area contributed by atoms with Crippen LogP contribution in [0.15, 0.2) is 11.6 Å². The van der Waals surface area contributed by atoms with E-state index in [0.29, 0.717) is 6.54 Å². The van der Waals surface area contributed by atoms with Gasteiger partial charge in [-0.05, 0) is 6.92 Å². The maximum absolute atomic E-state index is 10.6. The second-order valence-corrected chi connectivity index (χ2v) is 2.40. The van der Waals surface area contributed by atoms with E-state index < -0.39 is 5.97 Å². The summed E-state index contributed by atoms with van der Waals surface area (Å²) < 4.78 is 4.37. The number of carbonyl (C=O) groups is 2. The molecule has 0 bridgehead atoms. The molecule has 5 nitrogen and oxygen atoms in total. The van der Waals surface area contributed by atoms with Gasteiger partial charge in [-0.25, -0.2) is 4.79 Å². The van der Waals surface area contributed by atoms with Gasteiger partial charge in [0.2, 0.25) is 0 Å². The van der Waals surface area contributed by atoms with Crippen molar-refractivity contribution in [2.45, 2.75) is 6.92 Å². The van der Waals surface area contributed by atoms with Crippen LogP contribution in [0.2, 0.25) is 0 Å². The summed E-state index contributed by atoms with van der Waals surface area (Å²) in [5.74, 6) is -1.33. The van der Waals surface area contributed by atoms with Crippen molar-refractivity contribution in [3.05, 3.63) is 11.6 Å². The van der Waals surface area contributed by atoms with Crippen LogP contribution in [-0.4, -0.2) is 37.2 Å². The first-order chi connectivity index (χ1) is 6.07. The number of carbonyl (C=O) groups excluding carboxylic acids is 1. The van der Waals surface area contributed by atoms with Crippen LogP contribution in [0, 0.1) is 0 Å². The van der Waals surface area contributed by atoms with Gasteiger partial charge in [-0.15, -0.1) is 0 Å². The van der Waals surface area contributed by atoms with Crippen LogP contribution in [0.5, 0.6) is 0 Å². The molecule has 0 atom stereocenters. The molecule has 0 aromatic heterocycles. The average molecular weight is 187 g/mol. The van der Waals surface area contributed by atoms with Gasteiger partial charge in [0.25, 0.3) is 0 Å². The molecule has 0 unspecified atom stereocenters. The fourth-order valence-electron chi connectivity index (χ4n) is 0.559. The van der Waals surface area contributed by atoms with E-state index >= 15 is 0 Å². The number of methoxy groups -OCH3 is 1. The Morgan fingerprint density at radius 3 is 2.62 bits per heavy atom. The van der Waals surface area contributed by atoms with Gasteiger partial charge < -0.3 is 15.2 Å². The molecule has 0 spiro atoms. The fourth-order valence-corrected chi connectivity index (χ4v) is 0.559. The highest BCUT2D eigenvalue weighted by atomic mass is 16.5. The third-order valence-electron chi connectivity index (χ3n) is 1.39. The molecule has 0 fully saturated rings. The Morgan fingerprint density at radius 1 is 1.54 bits per heavy atom. The largest absolute Gasteiger partial charge is 0.478 e. The lowest BCUT2D eigenvalue weighted by Gasteiger charge is -1.99. The number of hydrogen-bond acceptors (Lipinski definition) is 4. The fraction of sp³-hybridized carbons (Fsp3) is 0.500. The molecule has 0 aromatic carbocycles. The van der Waals surface area contributed by atoms with Gasteiger partial charge >= 0.3 is 11.9 Å². The third-order valence-corrected chi connectivity index (χ3v) is 1.39. The molecular weight excluding hydrogens is 174 g/mol. The van der Waals surface area contributed by atoms with Crippen LogP contribution in [-0.2, 0) is 14.3 Å². The molecule has 0 amide bonds. The van der Waals surface area contributed by atoms with Crippen molar-refractivity contribution in [2.75, 3.05) is 20.2 Å². The van der Waals surface area contributed by atoms with E-state index in [1.165, 1.54) is 20.1 Å². The zero-order valence-corrected chi connectivity index (χ0v) is 7.66. The molecule has 0 aliphatic carbocycles. The summed E-state index contributed by atoms with van der Waals surface area (Å²) in [5.41, 5.74) is 0.248. The van der Waals surface area contributed by atoms with Gasteiger partial charge in [-0.2, -0.15) is 0 Å². The molecular formula is C8H13NO4. The van der Waals surface area contributed by atoms with Gasteiger partial charge in [0.15, 0.2) is 0 Å². The maximum atomic E-state index is 10.6. The Morgan fingerprint density at radius 2 is 2.15 bits per heavy atom. The molecule has 0 aliphatic heterocycles. The van der Waals surface area contributed by atoms with E-state index in [0.717, 1.165) is 0 Å². The highest BCUT2D eigenvalue weighted by Crippen LogP contribution is 1.89. The van der Waals surface area contributed by atoms with Crippen LogP contribution >= 0.6 is 0 Å².